The molecule has 7 heteroatoms. The van der Waals surface area contributed by atoms with Gasteiger partial charge in [-0.3, -0.25) is 9.36 Å². The lowest BCUT2D eigenvalue weighted by atomic mass is 9.65. The molecule has 2 aliphatic heterocycles. The molecule has 2 aromatic carbocycles. The number of carbonyl (C=O) groups is 1. The van der Waals surface area contributed by atoms with Crippen LogP contribution in [0, 0.1) is 0 Å². The van der Waals surface area contributed by atoms with Crippen LogP contribution in [0.15, 0.2) is 53.5 Å². The summed E-state index contributed by atoms with van der Waals surface area (Å²) in [5.41, 5.74) is 3.76. The Bertz CT molecular complexity index is 1310. The van der Waals surface area contributed by atoms with E-state index in [0.717, 1.165) is 79.1 Å². The quantitative estimate of drug-likeness (QED) is 0.648. The Morgan fingerprint density at radius 2 is 1.76 bits per heavy atom. The first-order valence-corrected chi connectivity index (χ1v) is 12.2. The molecule has 3 aromatic rings. The molecule has 2 fully saturated rings. The Kier molecular flexibility index (Phi) is 4.92. The average Bonchev–Trinajstić information content (AvgIpc) is 3.28. The summed E-state index contributed by atoms with van der Waals surface area (Å²) in [6.45, 7) is 1.99. The number of rotatable bonds is 4. The highest BCUT2D eigenvalue weighted by atomic mass is 16.5. The second-order valence-corrected chi connectivity index (χ2v) is 9.99. The van der Waals surface area contributed by atoms with Crippen molar-refractivity contribution in [2.45, 2.75) is 43.6 Å². The maximum absolute atomic E-state index is 13.1. The van der Waals surface area contributed by atoms with Crippen LogP contribution < -0.4 is 15.7 Å². The number of anilines is 1. The van der Waals surface area contributed by atoms with Crippen LogP contribution in [-0.4, -0.2) is 46.2 Å². The molecule has 6 rings (SSSR count). The molecule has 0 atom stereocenters. The summed E-state index contributed by atoms with van der Waals surface area (Å²) in [7, 11) is 3.90. The molecule has 1 saturated heterocycles. The molecular weight excluding hydrogens is 428 g/mol. The van der Waals surface area contributed by atoms with Crippen LogP contribution in [0.4, 0.5) is 5.69 Å². The lowest BCUT2D eigenvalue weighted by Gasteiger charge is -2.36. The molecule has 176 valence electrons. The molecule has 3 aliphatic rings. The van der Waals surface area contributed by atoms with Crippen LogP contribution in [0.2, 0.25) is 0 Å². The number of piperidine rings is 1. The van der Waals surface area contributed by atoms with E-state index in [2.05, 4.69) is 23.3 Å². The zero-order valence-electron chi connectivity index (χ0n) is 19.7. The van der Waals surface area contributed by atoms with E-state index in [-0.39, 0.29) is 17.7 Å². The maximum Gasteiger partial charge on any atom is 0.332 e. The first-order chi connectivity index (χ1) is 16.5. The summed E-state index contributed by atoms with van der Waals surface area (Å²) in [5, 5.41) is 3.15. The number of ether oxygens (including phenoxy) is 1. The van der Waals surface area contributed by atoms with E-state index in [0.29, 0.717) is 0 Å². The second kappa shape index (κ2) is 7.87. The third-order valence-electron chi connectivity index (χ3n) is 7.82. The summed E-state index contributed by atoms with van der Waals surface area (Å²) in [6.07, 6.45) is 6.63. The van der Waals surface area contributed by atoms with Gasteiger partial charge in [0.25, 0.3) is 0 Å². The fourth-order valence-electron chi connectivity index (χ4n) is 5.61. The lowest BCUT2D eigenvalue weighted by molar-refractivity contribution is -0.123. The second-order valence-electron chi connectivity index (χ2n) is 9.99. The van der Waals surface area contributed by atoms with Gasteiger partial charge in [-0.15, -0.1) is 0 Å². The topological polar surface area (TPSA) is 68.5 Å². The number of likely N-dealkylation sites (tertiary alicyclic amines) is 1. The molecule has 0 bridgehead atoms. The highest BCUT2D eigenvalue weighted by Crippen LogP contribution is 2.54. The largest absolute Gasteiger partial charge is 0.488 e. The van der Waals surface area contributed by atoms with E-state index < -0.39 is 5.41 Å². The number of para-hydroxylation sites is 1. The fraction of sp³-hybridized carbons (Fsp3) is 0.407. The average molecular weight is 459 g/mol. The van der Waals surface area contributed by atoms with Crippen molar-refractivity contribution in [1.82, 2.24) is 14.0 Å². The third-order valence-corrected chi connectivity index (χ3v) is 7.82. The Labute approximate surface area is 199 Å². The van der Waals surface area contributed by atoms with Crippen molar-refractivity contribution in [2.24, 2.45) is 7.05 Å². The number of hydrogen-bond acceptors (Lipinski definition) is 4. The van der Waals surface area contributed by atoms with Gasteiger partial charge in [0.2, 0.25) is 5.91 Å². The Hall–Kier alpha value is -3.32. The zero-order valence-corrected chi connectivity index (χ0v) is 19.7. The number of imidazole rings is 1. The van der Waals surface area contributed by atoms with Crippen LogP contribution >= 0.6 is 0 Å². The SMILES string of the molecule is CN1CCC(Oc2cc(-c3cn(C)c(=O)n3-c3ccccc3)cc3c2NC(=O)C32CCC2)CC1. The highest BCUT2D eigenvalue weighted by Gasteiger charge is 2.52. The van der Waals surface area contributed by atoms with Crippen molar-refractivity contribution < 1.29 is 9.53 Å². The van der Waals surface area contributed by atoms with Gasteiger partial charge in [-0.1, -0.05) is 24.6 Å². The molecule has 3 heterocycles. The Morgan fingerprint density at radius 1 is 1.03 bits per heavy atom. The first kappa shape index (κ1) is 21.2. The van der Waals surface area contributed by atoms with Gasteiger partial charge in [0, 0.05) is 31.9 Å². The molecule has 1 aromatic heterocycles. The molecule has 0 radical (unpaired) electrons. The number of benzene rings is 2. The molecular formula is C27H30N4O3. The lowest BCUT2D eigenvalue weighted by Crippen LogP contribution is -2.40. The van der Waals surface area contributed by atoms with Gasteiger partial charge in [0.15, 0.2) is 0 Å². The van der Waals surface area contributed by atoms with E-state index in [9.17, 15) is 9.59 Å². The number of nitrogens with one attached hydrogen (secondary N) is 1. The van der Waals surface area contributed by atoms with Crippen molar-refractivity contribution in [1.29, 1.82) is 0 Å². The summed E-state index contributed by atoms with van der Waals surface area (Å²) in [4.78, 5) is 28.5. The predicted octanol–water partition coefficient (Wildman–Crippen LogP) is 3.69. The number of aryl methyl sites for hydroxylation is 1. The molecule has 34 heavy (non-hydrogen) atoms. The van der Waals surface area contributed by atoms with Crippen LogP contribution in [0.3, 0.4) is 0 Å². The first-order valence-electron chi connectivity index (χ1n) is 12.2. The van der Waals surface area contributed by atoms with Gasteiger partial charge < -0.3 is 19.5 Å². The van der Waals surface area contributed by atoms with E-state index in [4.69, 9.17) is 4.74 Å². The van der Waals surface area contributed by atoms with Gasteiger partial charge in [0.1, 0.15) is 11.9 Å². The molecule has 1 amide bonds. The normalized spacial score (nSPS) is 19.6. The standard InChI is InChI=1S/C27H30N4O3/c1-29-13-9-20(10-14-29)34-23-16-18(15-21-24(23)28-25(32)27(21)11-6-12-27)22-17-30(2)26(33)31(22)19-7-4-3-5-8-19/h3-5,7-8,15-17,20H,6,9-14H2,1-2H3,(H,28,32). The van der Waals surface area contributed by atoms with E-state index in [1.807, 2.05) is 42.6 Å². The van der Waals surface area contributed by atoms with Crippen molar-refractivity contribution in [3.63, 3.8) is 0 Å². The van der Waals surface area contributed by atoms with E-state index >= 15 is 0 Å². The minimum atomic E-state index is -0.469. The van der Waals surface area contributed by atoms with Crippen LogP contribution in [0.5, 0.6) is 5.75 Å². The molecule has 1 spiro atoms. The smallest absolute Gasteiger partial charge is 0.332 e. The van der Waals surface area contributed by atoms with Crippen molar-refractivity contribution in [2.75, 3.05) is 25.5 Å². The van der Waals surface area contributed by atoms with Gasteiger partial charge in [0.05, 0.1) is 22.5 Å². The van der Waals surface area contributed by atoms with Gasteiger partial charge in [-0.25, -0.2) is 4.79 Å². The van der Waals surface area contributed by atoms with Crippen molar-refractivity contribution in [3.8, 4) is 22.7 Å². The monoisotopic (exact) mass is 458 g/mol. The van der Waals surface area contributed by atoms with Crippen LogP contribution in [0.25, 0.3) is 16.9 Å². The summed E-state index contributed by atoms with van der Waals surface area (Å²) in [5.74, 6) is 0.794. The Balaban J connectivity index is 1.50. The molecule has 1 aliphatic carbocycles. The molecule has 1 saturated carbocycles. The van der Waals surface area contributed by atoms with Crippen molar-refractivity contribution in [3.05, 3.63) is 64.7 Å². The molecule has 7 nitrogen and oxygen atoms in total. The number of amides is 1. The number of fused-ring (bicyclic) bond motifs is 2. The number of hydrogen-bond donors (Lipinski definition) is 1. The number of nitrogens with zero attached hydrogens (tertiary/aromatic N) is 3. The van der Waals surface area contributed by atoms with Gasteiger partial charge in [-0.2, -0.15) is 0 Å². The number of carbonyl (C=O) groups excluding carboxylic acids is 1. The summed E-state index contributed by atoms with van der Waals surface area (Å²) in [6, 6.07) is 13.8. The maximum atomic E-state index is 13.1. The van der Waals surface area contributed by atoms with Crippen molar-refractivity contribution >= 4 is 11.6 Å². The number of aromatic nitrogens is 2. The van der Waals surface area contributed by atoms with E-state index in [1.54, 1.807) is 16.2 Å². The minimum Gasteiger partial charge on any atom is -0.488 e. The van der Waals surface area contributed by atoms with Gasteiger partial charge >= 0.3 is 5.69 Å². The highest BCUT2D eigenvalue weighted by molar-refractivity contribution is 6.09. The molecule has 0 unspecified atom stereocenters. The zero-order chi connectivity index (χ0) is 23.4. The van der Waals surface area contributed by atoms with Crippen LogP contribution in [-0.2, 0) is 17.3 Å². The minimum absolute atomic E-state index is 0.0765. The summed E-state index contributed by atoms with van der Waals surface area (Å²) >= 11 is 0. The Morgan fingerprint density at radius 3 is 2.44 bits per heavy atom. The molecule has 1 N–H and O–H groups in total. The predicted molar refractivity (Wildman–Crippen MR) is 132 cm³/mol. The third kappa shape index (κ3) is 3.21. The van der Waals surface area contributed by atoms with Gasteiger partial charge in [-0.05, 0) is 62.6 Å². The fourth-order valence-corrected chi connectivity index (χ4v) is 5.61. The summed E-state index contributed by atoms with van der Waals surface area (Å²) < 4.78 is 9.91. The van der Waals surface area contributed by atoms with Crippen LogP contribution in [0.1, 0.15) is 37.7 Å². The van der Waals surface area contributed by atoms with E-state index in [1.165, 1.54) is 0 Å².